The molecule has 4 aliphatic rings. The Balaban J connectivity index is 1.07. The zero-order valence-corrected chi connectivity index (χ0v) is 29.3. The van der Waals surface area contributed by atoms with Gasteiger partial charge in [-0.05, 0) is 81.7 Å². The number of rotatable bonds is 2. The van der Waals surface area contributed by atoms with Crippen LogP contribution in [0, 0.1) is 0 Å². The van der Waals surface area contributed by atoms with Crippen molar-refractivity contribution in [2.75, 3.05) is 4.90 Å². The van der Waals surface area contributed by atoms with Gasteiger partial charge in [0.25, 0.3) is 6.71 Å². The van der Waals surface area contributed by atoms with Crippen molar-refractivity contribution in [1.29, 1.82) is 0 Å². The Morgan fingerprint density at radius 2 is 0.796 bits per heavy atom. The fourth-order valence-electron chi connectivity index (χ4n) is 10.1. The molecule has 12 rings (SSSR count). The van der Waals surface area contributed by atoms with Gasteiger partial charge in [-0.15, -0.1) is 0 Å². The maximum Gasteiger partial charge on any atom is 0.251 e. The second-order valence-electron chi connectivity index (χ2n) is 14.7. The molecular formula is C49H31B2NO2. The predicted molar refractivity (Wildman–Crippen MR) is 222 cm³/mol. The van der Waals surface area contributed by atoms with Crippen LogP contribution in [-0.2, 0) is 5.41 Å². The maximum atomic E-state index is 6.73. The zero-order chi connectivity index (χ0) is 35.4. The molecule has 0 N–H and O–H groups in total. The number of nitrogens with zero attached hydrogens (tertiary/aromatic N) is 1. The molecule has 5 heteroatoms. The first-order valence-corrected chi connectivity index (χ1v) is 18.7. The van der Waals surface area contributed by atoms with Crippen LogP contribution in [0.15, 0.2) is 188 Å². The summed E-state index contributed by atoms with van der Waals surface area (Å²) >= 11 is 0. The number of ether oxygens (including phenoxy) is 2. The molecule has 54 heavy (non-hydrogen) atoms. The predicted octanol–water partition coefficient (Wildman–Crippen LogP) is 7.41. The molecule has 8 aromatic rings. The van der Waals surface area contributed by atoms with Crippen LogP contribution in [0.2, 0.25) is 0 Å². The van der Waals surface area contributed by atoms with Crippen molar-refractivity contribution in [3.8, 4) is 23.0 Å². The second kappa shape index (κ2) is 11.1. The molecule has 0 saturated carbocycles. The third-order valence-corrected chi connectivity index (χ3v) is 12.2. The van der Waals surface area contributed by atoms with E-state index in [0.717, 1.165) is 40.1 Å². The van der Waals surface area contributed by atoms with Gasteiger partial charge in [-0.1, -0.05) is 161 Å². The third-order valence-electron chi connectivity index (χ3n) is 12.2. The van der Waals surface area contributed by atoms with Crippen molar-refractivity contribution in [1.82, 2.24) is 0 Å². The lowest BCUT2D eigenvalue weighted by Crippen LogP contribution is -2.68. The highest BCUT2D eigenvalue weighted by atomic mass is 16.5. The Kier molecular flexibility index (Phi) is 6.16. The molecule has 0 radical (unpaired) electrons. The molecule has 4 heterocycles. The smallest absolute Gasteiger partial charge is 0.251 e. The summed E-state index contributed by atoms with van der Waals surface area (Å²) in [6.45, 7) is 0.130. The number of fused-ring (bicyclic) bond motifs is 12. The normalized spacial score (nSPS) is 14.6. The molecule has 0 unspecified atom stereocenters. The Morgan fingerprint density at radius 3 is 1.41 bits per heavy atom. The van der Waals surface area contributed by atoms with Gasteiger partial charge in [-0.25, -0.2) is 0 Å². The molecule has 0 aliphatic carbocycles. The zero-order valence-electron chi connectivity index (χ0n) is 29.3. The van der Waals surface area contributed by atoms with Crippen LogP contribution >= 0.6 is 0 Å². The van der Waals surface area contributed by atoms with E-state index in [1.165, 1.54) is 55.0 Å². The summed E-state index contributed by atoms with van der Waals surface area (Å²) in [6, 6.07) is 68.5. The monoisotopic (exact) mass is 687 g/mol. The minimum Gasteiger partial charge on any atom is -0.458 e. The van der Waals surface area contributed by atoms with Gasteiger partial charge < -0.3 is 14.4 Å². The van der Waals surface area contributed by atoms with Crippen molar-refractivity contribution < 1.29 is 9.47 Å². The topological polar surface area (TPSA) is 21.7 Å². The van der Waals surface area contributed by atoms with E-state index >= 15 is 0 Å². The van der Waals surface area contributed by atoms with Crippen LogP contribution in [0.25, 0.3) is 0 Å². The standard InChI is InChI=1S/C49H31B2NO2/c1-4-18-38-34(14-1)49(36-16-3-6-20-40(36)51-41-21-7-10-24-44(41)53-47-27-13-17-37(49)48(47)51)35-15-2-5-19-39(35)50(38)32-28-30-33(31-29-32)52-42-22-8-11-25-45(42)54-46-26-12-9-23-43(46)52/h1-31H. The van der Waals surface area contributed by atoms with Gasteiger partial charge in [0.2, 0.25) is 6.71 Å². The van der Waals surface area contributed by atoms with Gasteiger partial charge in [0.15, 0.2) is 11.5 Å². The molecule has 0 atom stereocenters. The van der Waals surface area contributed by atoms with E-state index < -0.39 is 5.41 Å². The van der Waals surface area contributed by atoms with Gasteiger partial charge >= 0.3 is 0 Å². The summed E-state index contributed by atoms with van der Waals surface area (Å²) in [7, 11) is 0. The minimum absolute atomic E-state index is 0.0442. The van der Waals surface area contributed by atoms with Crippen LogP contribution in [-0.4, -0.2) is 13.4 Å². The average Bonchev–Trinajstić information content (AvgIpc) is 3.24. The average molecular weight is 687 g/mol. The van der Waals surface area contributed by atoms with E-state index in [1.807, 2.05) is 24.3 Å². The van der Waals surface area contributed by atoms with Gasteiger partial charge in [0, 0.05) is 5.69 Å². The van der Waals surface area contributed by atoms with Gasteiger partial charge in [0.05, 0.1) is 16.8 Å². The summed E-state index contributed by atoms with van der Waals surface area (Å²) in [5.74, 6) is 3.60. The van der Waals surface area contributed by atoms with Crippen molar-refractivity contribution in [2.45, 2.75) is 5.41 Å². The molecule has 0 saturated heterocycles. The Bertz CT molecular complexity index is 2740. The van der Waals surface area contributed by atoms with E-state index in [1.54, 1.807) is 0 Å². The van der Waals surface area contributed by atoms with Crippen LogP contribution in [0.4, 0.5) is 17.1 Å². The second-order valence-corrected chi connectivity index (χ2v) is 14.7. The molecule has 0 bridgehead atoms. The molecule has 0 amide bonds. The lowest BCUT2D eigenvalue weighted by molar-refractivity contribution is 0.477. The summed E-state index contributed by atoms with van der Waals surface area (Å²) in [4.78, 5) is 2.31. The number of benzene rings is 8. The van der Waals surface area contributed by atoms with Crippen molar-refractivity contribution in [3.05, 3.63) is 210 Å². The fraction of sp³-hybridized carbons (Fsp3) is 0.0204. The van der Waals surface area contributed by atoms with Crippen LogP contribution < -0.4 is 47.2 Å². The highest BCUT2D eigenvalue weighted by Crippen LogP contribution is 2.51. The Hall–Kier alpha value is -6.71. The summed E-state index contributed by atoms with van der Waals surface area (Å²) < 4.78 is 13.1. The van der Waals surface area contributed by atoms with Crippen molar-refractivity contribution in [3.63, 3.8) is 0 Å². The fourth-order valence-corrected chi connectivity index (χ4v) is 10.1. The number of anilines is 3. The van der Waals surface area contributed by atoms with E-state index in [-0.39, 0.29) is 13.4 Å². The Labute approximate surface area is 315 Å². The molecule has 8 aromatic carbocycles. The highest BCUT2D eigenvalue weighted by molar-refractivity contribution is 6.99. The molecule has 3 nitrogen and oxygen atoms in total. The molecular weight excluding hydrogens is 656 g/mol. The first-order chi connectivity index (χ1) is 26.8. The third kappa shape index (κ3) is 3.88. The van der Waals surface area contributed by atoms with E-state index in [2.05, 4.69) is 169 Å². The minimum atomic E-state index is -0.529. The number of hydrogen-bond acceptors (Lipinski definition) is 3. The van der Waals surface area contributed by atoms with Crippen LogP contribution in [0.1, 0.15) is 22.3 Å². The van der Waals surface area contributed by atoms with Gasteiger partial charge in [0.1, 0.15) is 11.5 Å². The Morgan fingerprint density at radius 1 is 0.352 bits per heavy atom. The molecule has 250 valence electrons. The van der Waals surface area contributed by atoms with Gasteiger partial charge in [-0.3, -0.25) is 0 Å². The lowest BCUT2D eigenvalue weighted by Gasteiger charge is -2.50. The van der Waals surface area contributed by atoms with Crippen LogP contribution in [0.3, 0.4) is 0 Å². The number of para-hydroxylation sites is 5. The summed E-state index contributed by atoms with van der Waals surface area (Å²) in [5.41, 5.74) is 15.7. The largest absolute Gasteiger partial charge is 0.458 e. The molecule has 0 aromatic heterocycles. The summed E-state index contributed by atoms with van der Waals surface area (Å²) in [5, 5.41) is 0. The first kappa shape index (κ1) is 29.8. The number of hydrogen-bond donors (Lipinski definition) is 0. The van der Waals surface area contributed by atoms with Crippen molar-refractivity contribution >= 4 is 63.3 Å². The summed E-state index contributed by atoms with van der Waals surface area (Å²) in [6.07, 6.45) is 0. The first-order valence-electron chi connectivity index (χ1n) is 18.7. The van der Waals surface area contributed by atoms with Crippen LogP contribution in [0.5, 0.6) is 23.0 Å². The van der Waals surface area contributed by atoms with Crippen molar-refractivity contribution in [2.24, 2.45) is 0 Å². The van der Waals surface area contributed by atoms with E-state index in [0.29, 0.717) is 0 Å². The molecule has 4 aliphatic heterocycles. The molecule has 1 spiro atoms. The van der Waals surface area contributed by atoms with E-state index in [4.69, 9.17) is 9.47 Å². The quantitative estimate of drug-likeness (QED) is 0.177. The van der Waals surface area contributed by atoms with Gasteiger partial charge in [-0.2, -0.15) is 0 Å². The SMILES string of the molecule is c1ccc2c(c1)Oc1cccc3c1B2c1ccccc1C31c2ccccc2B(c2ccc(N3c4ccccc4Oc4ccccc43)cc2)c2ccccc21. The lowest BCUT2D eigenvalue weighted by atomic mass is 9.26. The highest BCUT2D eigenvalue weighted by Gasteiger charge is 2.54. The molecule has 0 fully saturated rings. The van der Waals surface area contributed by atoms with E-state index in [9.17, 15) is 0 Å². The maximum absolute atomic E-state index is 6.73.